The van der Waals surface area contributed by atoms with E-state index in [9.17, 15) is 5.11 Å². The van der Waals surface area contributed by atoms with E-state index in [4.69, 9.17) is 9.47 Å². The average Bonchev–Trinajstić information content (AvgIpc) is 2.06. The summed E-state index contributed by atoms with van der Waals surface area (Å²) in [6.07, 6.45) is 2.67. The summed E-state index contributed by atoms with van der Waals surface area (Å²) < 4.78 is 10.7. The first-order valence-electron chi connectivity index (χ1n) is 4.52. The average molecular weight is 174 g/mol. The molecule has 12 heavy (non-hydrogen) atoms. The molecule has 1 aliphatic rings. The monoisotopic (exact) mass is 174 g/mol. The summed E-state index contributed by atoms with van der Waals surface area (Å²) in [5, 5.41) is 9.55. The summed E-state index contributed by atoms with van der Waals surface area (Å²) >= 11 is 0. The molecule has 0 aromatic rings. The van der Waals surface area contributed by atoms with Crippen LogP contribution in [0, 0.1) is 0 Å². The highest BCUT2D eigenvalue weighted by atomic mass is 16.5. The number of ether oxygens (including phenoxy) is 2. The number of aliphatic hydroxyl groups is 1. The molecular formula is C9H18O3. The molecule has 0 spiro atoms. The molecule has 0 radical (unpaired) electrons. The lowest BCUT2D eigenvalue weighted by Gasteiger charge is -2.39. The van der Waals surface area contributed by atoms with Gasteiger partial charge in [-0.25, -0.2) is 0 Å². The second kappa shape index (κ2) is 4.21. The van der Waals surface area contributed by atoms with Gasteiger partial charge < -0.3 is 14.6 Å². The third kappa shape index (κ3) is 1.97. The summed E-state index contributed by atoms with van der Waals surface area (Å²) in [6, 6.07) is 0. The lowest BCUT2D eigenvalue weighted by atomic mass is 9.90. The molecular weight excluding hydrogens is 156 g/mol. The van der Waals surface area contributed by atoms with E-state index < -0.39 is 11.7 Å². The van der Waals surface area contributed by atoms with Gasteiger partial charge in [-0.3, -0.25) is 0 Å². The first-order chi connectivity index (χ1) is 5.71. The van der Waals surface area contributed by atoms with Gasteiger partial charge >= 0.3 is 0 Å². The fourth-order valence-corrected chi connectivity index (χ4v) is 1.68. The number of rotatable bonds is 3. The predicted molar refractivity (Wildman–Crippen MR) is 46.1 cm³/mol. The minimum absolute atomic E-state index is 0.437. The molecule has 0 bridgehead atoms. The highest BCUT2D eigenvalue weighted by molar-refractivity contribution is 4.88. The van der Waals surface area contributed by atoms with Gasteiger partial charge in [0.25, 0.3) is 0 Å². The molecule has 1 rings (SSSR count). The Morgan fingerprint density at radius 2 is 2.33 bits per heavy atom. The Labute approximate surface area is 73.7 Å². The van der Waals surface area contributed by atoms with E-state index >= 15 is 0 Å². The van der Waals surface area contributed by atoms with Crippen molar-refractivity contribution < 1.29 is 14.6 Å². The topological polar surface area (TPSA) is 38.7 Å². The zero-order valence-electron chi connectivity index (χ0n) is 7.88. The summed E-state index contributed by atoms with van der Waals surface area (Å²) in [7, 11) is 1.64. The van der Waals surface area contributed by atoms with Crippen molar-refractivity contribution >= 4 is 0 Å². The maximum atomic E-state index is 9.55. The van der Waals surface area contributed by atoms with Crippen LogP contribution in [0.25, 0.3) is 0 Å². The molecule has 1 N–H and O–H groups in total. The summed E-state index contributed by atoms with van der Waals surface area (Å²) in [4.78, 5) is 0. The number of methoxy groups -OCH3 is 1. The molecule has 0 saturated carbocycles. The maximum Gasteiger partial charge on any atom is 0.117 e. The highest BCUT2D eigenvalue weighted by Gasteiger charge is 2.38. The van der Waals surface area contributed by atoms with Gasteiger partial charge in [-0.1, -0.05) is 0 Å². The number of hydrogen-bond donors (Lipinski definition) is 1. The van der Waals surface area contributed by atoms with Crippen LogP contribution in [0.5, 0.6) is 0 Å². The van der Waals surface area contributed by atoms with Crippen molar-refractivity contribution in [2.75, 3.05) is 20.3 Å². The fraction of sp³-hybridized carbons (Fsp3) is 1.00. The van der Waals surface area contributed by atoms with E-state index in [-0.39, 0.29) is 0 Å². The van der Waals surface area contributed by atoms with Gasteiger partial charge in [0.05, 0.1) is 12.7 Å². The second-order valence-corrected chi connectivity index (χ2v) is 3.48. The molecule has 3 nitrogen and oxygen atoms in total. The highest BCUT2D eigenvalue weighted by Crippen LogP contribution is 2.28. The smallest absolute Gasteiger partial charge is 0.117 e. The van der Waals surface area contributed by atoms with E-state index in [0.29, 0.717) is 6.61 Å². The van der Waals surface area contributed by atoms with E-state index in [1.54, 1.807) is 14.0 Å². The van der Waals surface area contributed by atoms with Crippen LogP contribution in [-0.4, -0.2) is 37.1 Å². The van der Waals surface area contributed by atoms with E-state index in [1.165, 1.54) is 0 Å². The molecule has 0 aromatic heterocycles. The quantitative estimate of drug-likeness (QED) is 0.692. The van der Waals surface area contributed by atoms with Gasteiger partial charge in [0.15, 0.2) is 0 Å². The molecule has 1 fully saturated rings. The molecule has 1 heterocycles. The standard InChI is InChI=1S/C9H18O3/c1-8(10)9(7-11-2)5-3-4-6-12-9/h8,10H,3-7H2,1-2H3/t8-,9?/m1/s1. The Hall–Kier alpha value is -0.120. The van der Waals surface area contributed by atoms with Crippen LogP contribution < -0.4 is 0 Å². The Bertz CT molecular complexity index is 122. The van der Waals surface area contributed by atoms with Crippen LogP contribution in [0.4, 0.5) is 0 Å². The fourth-order valence-electron chi connectivity index (χ4n) is 1.68. The number of aliphatic hydroxyl groups excluding tert-OH is 1. The molecule has 0 aromatic carbocycles. The zero-order chi connectivity index (χ0) is 9.03. The van der Waals surface area contributed by atoms with Crippen molar-refractivity contribution in [3.8, 4) is 0 Å². The van der Waals surface area contributed by atoms with Crippen molar-refractivity contribution in [1.29, 1.82) is 0 Å². The molecule has 2 atom stereocenters. The van der Waals surface area contributed by atoms with Crippen LogP contribution in [0.15, 0.2) is 0 Å². The van der Waals surface area contributed by atoms with Crippen LogP contribution in [0.2, 0.25) is 0 Å². The third-order valence-electron chi connectivity index (χ3n) is 2.53. The molecule has 0 amide bonds. The zero-order valence-corrected chi connectivity index (χ0v) is 7.88. The van der Waals surface area contributed by atoms with Crippen molar-refractivity contribution in [2.24, 2.45) is 0 Å². The van der Waals surface area contributed by atoms with Crippen LogP contribution in [0.1, 0.15) is 26.2 Å². The normalized spacial score (nSPS) is 33.2. The molecule has 1 saturated heterocycles. The van der Waals surface area contributed by atoms with Gasteiger partial charge in [0.2, 0.25) is 0 Å². The summed E-state index contributed by atoms with van der Waals surface area (Å²) in [5.74, 6) is 0. The van der Waals surface area contributed by atoms with Gasteiger partial charge in [0.1, 0.15) is 5.60 Å². The van der Waals surface area contributed by atoms with Crippen molar-refractivity contribution in [2.45, 2.75) is 37.9 Å². The SMILES string of the molecule is COCC1([C@@H](C)O)CCCCO1. The van der Waals surface area contributed by atoms with Crippen LogP contribution in [-0.2, 0) is 9.47 Å². The lowest BCUT2D eigenvalue weighted by molar-refractivity contribution is -0.168. The summed E-state index contributed by atoms with van der Waals surface area (Å²) in [5.41, 5.74) is -0.437. The van der Waals surface area contributed by atoms with Crippen LogP contribution in [0.3, 0.4) is 0 Å². The predicted octanol–water partition coefficient (Wildman–Crippen LogP) is 0.953. The van der Waals surface area contributed by atoms with Crippen LogP contribution >= 0.6 is 0 Å². The Morgan fingerprint density at radius 1 is 1.58 bits per heavy atom. The van der Waals surface area contributed by atoms with E-state index in [1.807, 2.05) is 0 Å². The molecule has 1 aliphatic heterocycles. The van der Waals surface area contributed by atoms with E-state index in [0.717, 1.165) is 25.9 Å². The van der Waals surface area contributed by atoms with Crippen molar-refractivity contribution in [3.63, 3.8) is 0 Å². The van der Waals surface area contributed by atoms with Crippen molar-refractivity contribution in [3.05, 3.63) is 0 Å². The van der Waals surface area contributed by atoms with Gasteiger partial charge in [-0.05, 0) is 26.2 Å². The van der Waals surface area contributed by atoms with E-state index in [2.05, 4.69) is 0 Å². The van der Waals surface area contributed by atoms with Gasteiger partial charge in [0, 0.05) is 13.7 Å². The van der Waals surface area contributed by atoms with Crippen molar-refractivity contribution in [1.82, 2.24) is 0 Å². The number of hydrogen-bond acceptors (Lipinski definition) is 3. The second-order valence-electron chi connectivity index (χ2n) is 3.48. The van der Waals surface area contributed by atoms with Gasteiger partial charge in [-0.2, -0.15) is 0 Å². The molecule has 3 heteroatoms. The Balaban J connectivity index is 2.56. The summed E-state index contributed by atoms with van der Waals surface area (Å²) in [6.45, 7) is 3.00. The molecule has 72 valence electrons. The van der Waals surface area contributed by atoms with Gasteiger partial charge in [-0.15, -0.1) is 0 Å². The Kier molecular flexibility index (Phi) is 3.50. The maximum absolute atomic E-state index is 9.55. The third-order valence-corrected chi connectivity index (χ3v) is 2.53. The first kappa shape index (κ1) is 9.96. The largest absolute Gasteiger partial charge is 0.390 e. The lowest BCUT2D eigenvalue weighted by Crippen LogP contribution is -2.49. The minimum atomic E-state index is -0.447. The molecule has 1 unspecified atom stereocenters. The minimum Gasteiger partial charge on any atom is -0.390 e. The Morgan fingerprint density at radius 3 is 2.75 bits per heavy atom. The molecule has 0 aliphatic carbocycles. The first-order valence-corrected chi connectivity index (χ1v) is 4.52.